The van der Waals surface area contributed by atoms with Crippen LogP contribution in [0.4, 0.5) is 0 Å². The highest BCUT2D eigenvalue weighted by Crippen LogP contribution is 2.13. The first-order valence-electron chi connectivity index (χ1n) is 5.46. The van der Waals surface area contributed by atoms with Gasteiger partial charge in [0.15, 0.2) is 0 Å². The molecule has 1 aromatic heterocycles. The van der Waals surface area contributed by atoms with Crippen molar-refractivity contribution < 1.29 is 9.21 Å². The average Bonchev–Trinajstić information content (AvgIpc) is 2.54. The van der Waals surface area contributed by atoms with Crippen LogP contribution in [0.3, 0.4) is 0 Å². The van der Waals surface area contributed by atoms with Crippen LogP contribution in [0.15, 0.2) is 10.5 Å². The van der Waals surface area contributed by atoms with Gasteiger partial charge in [-0.15, -0.1) is 0 Å². The van der Waals surface area contributed by atoms with Gasteiger partial charge in [0.1, 0.15) is 11.5 Å². The van der Waals surface area contributed by atoms with Crippen molar-refractivity contribution >= 4 is 5.91 Å². The number of nitrogens with one attached hydrogen (secondary N) is 1. The van der Waals surface area contributed by atoms with E-state index in [0.717, 1.165) is 18.6 Å². The van der Waals surface area contributed by atoms with Crippen molar-refractivity contribution in [1.29, 1.82) is 0 Å². The summed E-state index contributed by atoms with van der Waals surface area (Å²) in [5.41, 5.74) is 0.652. The van der Waals surface area contributed by atoms with E-state index < -0.39 is 0 Å². The molecule has 1 N–H and O–H groups in total. The Bertz CT molecular complexity index is 337. The number of amides is 1. The van der Waals surface area contributed by atoms with Crippen molar-refractivity contribution in [3.8, 4) is 0 Å². The minimum atomic E-state index is -0.0296. The number of carbonyl (C=O) groups excluding carboxylic acids is 1. The van der Waals surface area contributed by atoms with Crippen LogP contribution in [0.5, 0.6) is 0 Å². The second-order valence-electron chi connectivity index (χ2n) is 3.81. The maximum absolute atomic E-state index is 11.8. The van der Waals surface area contributed by atoms with Crippen molar-refractivity contribution in [2.45, 2.75) is 46.6 Å². The molecule has 0 aliphatic carbocycles. The number of aryl methyl sites for hydroxylation is 2. The first-order chi connectivity index (χ1) is 7.08. The smallest absolute Gasteiger partial charge is 0.255 e. The van der Waals surface area contributed by atoms with E-state index in [2.05, 4.69) is 19.2 Å². The molecule has 0 fully saturated rings. The van der Waals surface area contributed by atoms with Gasteiger partial charge >= 0.3 is 0 Å². The van der Waals surface area contributed by atoms with Crippen LogP contribution < -0.4 is 5.32 Å². The summed E-state index contributed by atoms with van der Waals surface area (Å²) in [5, 5.41) is 2.99. The molecule has 0 atom stereocenters. The molecule has 0 aliphatic heterocycles. The molecule has 0 aromatic carbocycles. The summed E-state index contributed by atoms with van der Waals surface area (Å²) in [6.07, 6.45) is 1.91. The largest absolute Gasteiger partial charge is 0.466 e. The monoisotopic (exact) mass is 209 g/mol. The van der Waals surface area contributed by atoms with Gasteiger partial charge in [0.05, 0.1) is 5.56 Å². The Balaban J connectivity index is 2.72. The lowest BCUT2D eigenvalue weighted by Gasteiger charge is -2.13. The molecule has 0 unspecified atom stereocenters. The number of hydrogen-bond donors (Lipinski definition) is 1. The number of carbonyl (C=O) groups is 1. The summed E-state index contributed by atoms with van der Waals surface area (Å²) < 4.78 is 5.32. The van der Waals surface area contributed by atoms with Gasteiger partial charge in [-0.25, -0.2) is 0 Å². The van der Waals surface area contributed by atoms with E-state index in [0.29, 0.717) is 11.3 Å². The topological polar surface area (TPSA) is 42.2 Å². The van der Waals surface area contributed by atoms with E-state index in [-0.39, 0.29) is 11.9 Å². The fourth-order valence-electron chi connectivity index (χ4n) is 1.61. The predicted octanol–water partition coefficient (Wildman–Crippen LogP) is 2.81. The molecular formula is C12H19NO2. The number of furan rings is 1. The Morgan fingerprint density at radius 2 is 2.00 bits per heavy atom. The van der Waals surface area contributed by atoms with Gasteiger partial charge in [-0.05, 0) is 32.8 Å². The fraction of sp³-hybridized carbons (Fsp3) is 0.583. The van der Waals surface area contributed by atoms with Crippen molar-refractivity contribution in [3.63, 3.8) is 0 Å². The molecular weight excluding hydrogens is 190 g/mol. The normalized spacial score (nSPS) is 10.7. The summed E-state index contributed by atoms with van der Waals surface area (Å²) in [4.78, 5) is 11.8. The zero-order chi connectivity index (χ0) is 11.4. The summed E-state index contributed by atoms with van der Waals surface area (Å²) >= 11 is 0. The molecule has 0 bridgehead atoms. The van der Waals surface area contributed by atoms with Gasteiger partial charge in [-0.2, -0.15) is 0 Å². The van der Waals surface area contributed by atoms with E-state index in [1.807, 2.05) is 13.8 Å². The zero-order valence-corrected chi connectivity index (χ0v) is 9.89. The van der Waals surface area contributed by atoms with Crippen molar-refractivity contribution in [1.82, 2.24) is 5.32 Å². The summed E-state index contributed by atoms with van der Waals surface area (Å²) in [6.45, 7) is 7.81. The average molecular weight is 209 g/mol. The lowest BCUT2D eigenvalue weighted by atomic mass is 10.1. The van der Waals surface area contributed by atoms with Crippen LogP contribution in [-0.2, 0) is 0 Å². The van der Waals surface area contributed by atoms with Crippen LogP contribution in [0, 0.1) is 13.8 Å². The molecule has 0 saturated heterocycles. The SMILES string of the molecule is CCC(CC)NC(=O)c1cc(C)oc1C. The minimum absolute atomic E-state index is 0.0296. The third-order valence-corrected chi connectivity index (χ3v) is 2.61. The standard InChI is InChI=1S/C12H19NO2/c1-5-10(6-2)13-12(14)11-7-8(3)15-9(11)4/h7,10H,5-6H2,1-4H3,(H,13,14). The first-order valence-corrected chi connectivity index (χ1v) is 5.46. The molecule has 0 saturated carbocycles. The summed E-state index contributed by atoms with van der Waals surface area (Å²) in [6, 6.07) is 2.04. The van der Waals surface area contributed by atoms with Gasteiger partial charge < -0.3 is 9.73 Å². The predicted molar refractivity (Wildman–Crippen MR) is 60.0 cm³/mol. The molecule has 1 rings (SSSR count). The highest BCUT2D eigenvalue weighted by atomic mass is 16.3. The molecule has 0 aliphatic rings. The second kappa shape index (κ2) is 5.01. The van der Waals surface area contributed by atoms with Gasteiger partial charge in [-0.1, -0.05) is 13.8 Å². The van der Waals surface area contributed by atoms with Gasteiger partial charge in [0, 0.05) is 6.04 Å². The highest BCUT2D eigenvalue weighted by Gasteiger charge is 2.15. The van der Waals surface area contributed by atoms with Crippen molar-refractivity contribution in [2.75, 3.05) is 0 Å². The molecule has 0 radical (unpaired) electrons. The van der Waals surface area contributed by atoms with Crippen LogP contribution >= 0.6 is 0 Å². The number of rotatable bonds is 4. The van der Waals surface area contributed by atoms with Crippen LogP contribution in [0.2, 0.25) is 0 Å². The van der Waals surface area contributed by atoms with Gasteiger partial charge in [0.25, 0.3) is 5.91 Å². The quantitative estimate of drug-likeness (QED) is 0.828. The lowest BCUT2D eigenvalue weighted by molar-refractivity contribution is 0.0933. The minimum Gasteiger partial charge on any atom is -0.466 e. The van der Waals surface area contributed by atoms with E-state index in [9.17, 15) is 4.79 Å². The van der Waals surface area contributed by atoms with Gasteiger partial charge in [0.2, 0.25) is 0 Å². The highest BCUT2D eigenvalue weighted by molar-refractivity contribution is 5.95. The molecule has 1 amide bonds. The van der Waals surface area contributed by atoms with Crippen LogP contribution in [-0.4, -0.2) is 11.9 Å². The van der Waals surface area contributed by atoms with Gasteiger partial charge in [-0.3, -0.25) is 4.79 Å². The third-order valence-electron chi connectivity index (χ3n) is 2.61. The molecule has 15 heavy (non-hydrogen) atoms. The molecule has 1 heterocycles. The Kier molecular flexibility index (Phi) is 3.95. The van der Waals surface area contributed by atoms with Crippen LogP contribution in [0.1, 0.15) is 48.6 Å². The first kappa shape index (κ1) is 11.8. The Morgan fingerprint density at radius 3 is 2.40 bits per heavy atom. The fourth-order valence-corrected chi connectivity index (χ4v) is 1.61. The summed E-state index contributed by atoms with van der Waals surface area (Å²) in [5.74, 6) is 1.44. The second-order valence-corrected chi connectivity index (χ2v) is 3.81. The van der Waals surface area contributed by atoms with Crippen LogP contribution in [0.25, 0.3) is 0 Å². The lowest BCUT2D eigenvalue weighted by Crippen LogP contribution is -2.33. The van der Waals surface area contributed by atoms with E-state index in [1.165, 1.54) is 0 Å². The summed E-state index contributed by atoms with van der Waals surface area (Å²) in [7, 11) is 0. The molecule has 84 valence electrons. The van der Waals surface area contributed by atoms with Crippen molar-refractivity contribution in [2.24, 2.45) is 0 Å². The molecule has 3 nitrogen and oxygen atoms in total. The maximum Gasteiger partial charge on any atom is 0.255 e. The zero-order valence-electron chi connectivity index (χ0n) is 9.89. The maximum atomic E-state index is 11.8. The Morgan fingerprint density at radius 1 is 1.40 bits per heavy atom. The Hall–Kier alpha value is -1.25. The molecule has 0 spiro atoms. The van der Waals surface area contributed by atoms with E-state index in [4.69, 9.17) is 4.42 Å². The van der Waals surface area contributed by atoms with Crippen molar-refractivity contribution in [3.05, 3.63) is 23.2 Å². The molecule has 3 heteroatoms. The molecule has 1 aromatic rings. The van der Waals surface area contributed by atoms with E-state index >= 15 is 0 Å². The Labute approximate surface area is 90.9 Å². The number of hydrogen-bond acceptors (Lipinski definition) is 2. The van der Waals surface area contributed by atoms with E-state index in [1.54, 1.807) is 6.07 Å². The third kappa shape index (κ3) is 2.85.